The molecule has 1 saturated heterocycles. The van der Waals surface area contributed by atoms with Gasteiger partial charge in [0.25, 0.3) is 17.9 Å². The van der Waals surface area contributed by atoms with Gasteiger partial charge >= 0.3 is 0 Å². The lowest BCUT2D eigenvalue weighted by atomic mass is 9.95. The molecule has 1 aliphatic carbocycles. The third kappa shape index (κ3) is 5.18. The smallest absolute Gasteiger partial charge is 0.290 e. The van der Waals surface area contributed by atoms with Crippen LogP contribution in [0.3, 0.4) is 0 Å². The molecule has 2 aromatic heterocycles. The minimum absolute atomic E-state index is 0.0478. The summed E-state index contributed by atoms with van der Waals surface area (Å²) in [7, 11) is 0. The quantitative estimate of drug-likeness (QED) is 0.726. The van der Waals surface area contributed by atoms with Gasteiger partial charge in [-0.15, -0.1) is 0 Å². The zero-order valence-corrected chi connectivity index (χ0v) is 16.2. The average molecular weight is 399 g/mol. The molecule has 0 saturated carbocycles. The van der Waals surface area contributed by atoms with Crippen molar-refractivity contribution >= 4 is 18.2 Å². The highest BCUT2D eigenvalue weighted by molar-refractivity contribution is 5.94. The zero-order chi connectivity index (χ0) is 20.6. The number of aromatic amines is 1. The fourth-order valence-corrected chi connectivity index (χ4v) is 3.77. The van der Waals surface area contributed by atoms with E-state index in [2.05, 4.69) is 19.9 Å². The Labute approximate surface area is 168 Å². The molecule has 3 heterocycles. The van der Waals surface area contributed by atoms with E-state index in [1.807, 2.05) is 11.0 Å². The maximum atomic E-state index is 12.9. The van der Waals surface area contributed by atoms with Gasteiger partial charge in [0.15, 0.2) is 0 Å². The highest BCUT2D eigenvalue weighted by Crippen LogP contribution is 2.21. The number of nitrogens with one attached hydrogen (secondary N) is 1. The Morgan fingerprint density at radius 2 is 1.86 bits per heavy atom. The topological polar surface area (TPSA) is 119 Å². The SMILES string of the molecule is O=C(c1cnc2c(c1)CCCC2)N1CCCN(c2cc(=O)[nH]cn2)CC1.O=CO. The Morgan fingerprint density at radius 1 is 1.07 bits per heavy atom. The molecule has 154 valence electrons. The molecule has 1 fully saturated rings. The second kappa shape index (κ2) is 9.81. The van der Waals surface area contributed by atoms with Crippen LogP contribution in [0.25, 0.3) is 0 Å². The van der Waals surface area contributed by atoms with Gasteiger partial charge in [0.2, 0.25) is 0 Å². The number of aryl methyl sites for hydroxylation is 2. The Kier molecular flexibility index (Phi) is 6.94. The van der Waals surface area contributed by atoms with Crippen molar-refractivity contribution in [1.82, 2.24) is 19.9 Å². The first-order valence-corrected chi connectivity index (χ1v) is 9.77. The number of amides is 1. The number of hydrogen-bond donors (Lipinski definition) is 2. The molecule has 0 bridgehead atoms. The first kappa shape index (κ1) is 20.5. The van der Waals surface area contributed by atoms with E-state index >= 15 is 0 Å². The van der Waals surface area contributed by atoms with Crippen LogP contribution in [0, 0.1) is 0 Å². The largest absolute Gasteiger partial charge is 0.483 e. The first-order chi connectivity index (χ1) is 14.1. The molecule has 9 heteroatoms. The van der Waals surface area contributed by atoms with Crippen molar-refractivity contribution in [2.45, 2.75) is 32.1 Å². The van der Waals surface area contributed by atoms with Gasteiger partial charge in [-0.05, 0) is 43.7 Å². The third-order valence-electron chi connectivity index (χ3n) is 5.19. The summed E-state index contributed by atoms with van der Waals surface area (Å²) >= 11 is 0. The van der Waals surface area contributed by atoms with E-state index < -0.39 is 0 Å². The molecule has 0 radical (unpaired) electrons. The summed E-state index contributed by atoms with van der Waals surface area (Å²) in [5, 5.41) is 6.89. The van der Waals surface area contributed by atoms with Gasteiger partial charge in [-0.1, -0.05) is 0 Å². The number of fused-ring (bicyclic) bond motifs is 1. The molecule has 4 rings (SSSR count). The lowest BCUT2D eigenvalue weighted by molar-refractivity contribution is -0.122. The van der Waals surface area contributed by atoms with Gasteiger partial charge in [-0.3, -0.25) is 19.4 Å². The second-order valence-electron chi connectivity index (χ2n) is 7.04. The third-order valence-corrected chi connectivity index (χ3v) is 5.19. The van der Waals surface area contributed by atoms with Crippen molar-refractivity contribution in [3.05, 3.63) is 51.8 Å². The summed E-state index contributed by atoms with van der Waals surface area (Å²) in [6.07, 6.45) is 8.40. The molecular weight excluding hydrogens is 374 g/mol. The Balaban J connectivity index is 0.000000755. The molecule has 2 N–H and O–H groups in total. The van der Waals surface area contributed by atoms with Gasteiger partial charge in [0.1, 0.15) is 5.82 Å². The Bertz CT molecular complexity index is 914. The summed E-state index contributed by atoms with van der Waals surface area (Å²) in [4.78, 5) is 48.0. The van der Waals surface area contributed by atoms with Gasteiger partial charge in [0, 0.05) is 44.1 Å². The zero-order valence-electron chi connectivity index (χ0n) is 16.2. The van der Waals surface area contributed by atoms with E-state index in [4.69, 9.17) is 9.90 Å². The molecule has 0 atom stereocenters. The van der Waals surface area contributed by atoms with Gasteiger partial charge in [-0.25, -0.2) is 4.98 Å². The summed E-state index contributed by atoms with van der Waals surface area (Å²) < 4.78 is 0. The summed E-state index contributed by atoms with van der Waals surface area (Å²) in [6.45, 7) is 2.52. The molecule has 9 nitrogen and oxygen atoms in total. The van der Waals surface area contributed by atoms with E-state index in [9.17, 15) is 9.59 Å². The minimum atomic E-state index is -0.250. The van der Waals surface area contributed by atoms with Crippen molar-refractivity contribution in [2.24, 2.45) is 0 Å². The number of nitrogens with zero attached hydrogens (tertiary/aromatic N) is 4. The van der Waals surface area contributed by atoms with Crippen molar-refractivity contribution < 1.29 is 14.7 Å². The number of carbonyl (C=O) groups is 2. The number of anilines is 1. The second-order valence-corrected chi connectivity index (χ2v) is 7.04. The summed E-state index contributed by atoms with van der Waals surface area (Å²) in [5.74, 6) is 0.713. The number of carbonyl (C=O) groups excluding carboxylic acids is 1. The maximum Gasteiger partial charge on any atom is 0.290 e. The van der Waals surface area contributed by atoms with E-state index in [1.165, 1.54) is 30.8 Å². The van der Waals surface area contributed by atoms with Gasteiger partial charge in [-0.2, -0.15) is 0 Å². The van der Waals surface area contributed by atoms with Crippen LogP contribution >= 0.6 is 0 Å². The van der Waals surface area contributed by atoms with Crippen molar-refractivity contribution in [2.75, 3.05) is 31.1 Å². The van der Waals surface area contributed by atoms with E-state index in [0.29, 0.717) is 31.0 Å². The number of aromatic nitrogens is 3. The summed E-state index contributed by atoms with van der Waals surface area (Å²) in [5.41, 5.74) is 2.90. The monoisotopic (exact) mass is 399 g/mol. The number of H-pyrrole nitrogens is 1. The lowest BCUT2D eigenvalue weighted by Gasteiger charge is -2.23. The lowest BCUT2D eigenvalue weighted by Crippen LogP contribution is -2.35. The molecule has 2 aromatic rings. The molecular formula is C20H25N5O4. The van der Waals surface area contributed by atoms with Crippen LogP contribution in [-0.2, 0) is 17.6 Å². The van der Waals surface area contributed by atoms with Crippen LogP contribution in [0.4, 0.5) is 5.82 Å². The van der Waals surface area contributed by atoms with Gasteiger partial charge < -0.3 is 19.9 Å². The number of pyridine rings is 1. The summed E-state index contributed by atoms with van der Waals surface area (Å²) in [6, 6.07) is 3.54. The molecule has 2 aliphatic rings. The molecule has 1 amide bonds. The Morgan fingerprint density at radius 3 is 2.66 bits per heavy atom. The van der Waals surface area contributed by atoms with Crippen LogP contribution < -0.4 is 10.5 Å². The number of hydrogen-bond acceptors (Lipinski definition) is 6. The van der Waals surface area contributed by atoms with E-state index in [1.54, 1.807) is 6.20 Å². The fraction of sp³-hybridized carbons (Fsp3) is 0.450. The van der Waals surface area contributed by atoms with Crippen LogP contribution in [0.1, 0.15) is 40.9 Å². The fourth-order valence-electron chi connectivity index (χ4n) is 3.77. The van der Waals surface area contributed by atoms with E-state index in [0.717, 1.165) is 31.5 Å². The highest BCUT2D eigenvalue weighted by atomic mass is 16.3. The van der Waals surface area contributed by atoms with Crippen LogP contribution in [0.2, 0.25) is 0 Å². The normalized spacial score (nSPS) is 16.1. The minimum Gasteiger partial charge on any atom is -0.483 e. The predicted octanol–water partition coefficient (Wildman–Crippen LogP) is 1.10. The number of carboxylic acid groups (broad SMARTS) is 1. The molecule has 0 unspecified atom stereocenters. The standard InChI is InChI=1S/C19H23N5O2.CH2O2/c25-18-11-17(21-13-22-18)23-6-3-7-24(9-8-23)19(26)15-10-14-4-1-2-5-16(14)20-12-15;2-1-3/h10-13H,1-9H2,(H,21,22,25);1H,(H,2,3). The average Bonchev–Trinajstić information content (AvgIpc) is 3.00. The van der Waals surface area contributed by atoms with Crippen LogP contribution in [0.5, 0.6) is 0 Å². The van der Waals surface area contributed by atoms with Crippen LogP contribution in [0.15, 0.2) is 29.5 Å². The molecule has 29 heavy (non-hydrogen) atoms. The predicted molar refractivity (Wildman–Crippen MR) is 107 cm³/mol. The van der Waals surface area contributed by atoms with Crippen molar-refractivity contribution in [1.29, 1.82) is 0 Å². The highest BCUT2D eigenvalue weighted by Gasteiger charge is 2.22. The van der Waals surface area contributed by atoms with Crippen LogP contribution in [-0.4, -0.2) is 63.5 Å². The maximum absolute atomic E-state index is 12.9. The van der Waals surface area contributed by atoms with Crippen molar-refractivity contribution in [3.8, 4) is 0 Å². The molecule has 0 spiro atoms. The molecule has 1 aliphatic heterocycles. The molecule has 0 aromatic carbocycles. The first-order valence-electron chi connectivity index (χ1n) is 9.77. The van der Waals surface area contributed by atoms with E-state index in [-0.39, 0.29) is 17.9 Å². The van der Waals surface area contributed by atoms with Crippen molar-refractivity contribution in [3.63, 3.8) is 0 Å². The van der Waals surface area contributed by atoms with Gasteiger partial charge in [0.05, 0.1) is 11.9 Å². The number of rotatable bonds is 2. The Hall–Kier alpha value is -3.23.